The molecule has 9 rings (SSSR count). The largest absolute Gasteiger partial charge is 0.454 e. The van der Waals surface area contributed by atoms with Gasteiger partial charge < -0.3 is 8.98 Å². The summed E-state index contributed by atoms with van der Waals surface area (Å²) >= 11 is 0. The van der Waals surface area contributed by atoms with Crippen LogP contribution in [0.25, 0.3) is 55.0 Å². The van der Waals surface area contributed by atoms with E-state index in [1.54, 1.807) is 0 Å². The Labute approximate surface area is 303 Å². The molecule has 0 spiro atoms. The van der Waals surface area contributed by atoms with Crippen LogP contribution in [0.2, 0.25) is 0 Å². The number of allylic oxidation sites excluding steroid dienone is 4. The summed E-state index contributed by atoms with van der Waals surface area (Å²) in [7, 11) is 2.08. The van der Waals surface area contributed by atoms with Gasteiger partial charge in [0.1, 0.15) is 11.7 Å². The number of nitrogens with zero attached hydrogens (tertiary/aromatic N) is 3. The van der Waals surface area contributed by atoms with Crippen LogP contribution >= 0.6 is 0 Å². The number of hydrogen-bond donors (Lipinski definition) is 1. The molecule has 5 heteroatoms. The molecule has 8 aromatic rings. The van der Waals surface area contributed by atoms with Crippen LogP contribution in [0.3, 0.4) is 0 Å². The minimum absolute atomic E-state index is 0.237. The van der Waals surface area contributed by atoms with Crippen LogP contribution in [0, 0.1) is 5.92 Å². The number of hydrogen-bond acceptors (Lipinski definition) is 4. The monoisotopic (exact) mass is 676 g/mol. The van der Waals surface area contributed by atoms with E-state index in [1.807, 2.05) is 24.4 Å². The first-order chi connectivity index (χ1) is 25.6. The van der Waals surface area contributed by atoms with Gasteiger partial charge in [-0.3, -0.25) is 4.99 Å². The molecule has 0 fully saturated rings. The van der Waals surface area contributed by atoms with Crippen molar-refractivity contribution in [1.82, 2.24) is 15.0 Å². The second-order valence-corrected chi connectivity index (χ2v) is 13.8. The molecule has 52 heavy (non-hydrogen) atoms. The lowest BCUT2D eigenvalue weighted by atomic mass is 9.90. The quantitative estimate of drug-likeness (QED) is 0.122. The minimum Gasteiger partial charge on any atom is -0.454 e. The highest BCUT2D eigenvalue weighted by atomic mass is 16.3. The van der Waals surface area contributed by atoms with Crippen LogP contribution in [0.4, 0.5) is 0 Å². The highest BCUT2D eigenvalue weighted by Crippen LogP contribution is 2.40. The highest BCUT2D eigenvalue weighted by Gasteiger charge is 2.20. The Hall–Kier alpha value is -6.01. The minimum atomic E-state index is -0.237. The van der Waals surface area contributed by atoms with Crippen molar-refractivity contribution >= 4 is 55.5 Å². The molecule has 0 bridgehead atoms. The van der Waals surface area contributed by atoms with E-state index in [0.29, 0.717) is 12.5 Å². The Kier molecular flexibility index (Phi) is 8.36. The molecule has 2 heterocycles. The maximum Gasteiger partial charge on any atom is 0.160 e. The topological polar surface area (TPSA) is 45.7 Å². The number of nitrogens with one attached hydrogen (secondary N) is 1. The summed E-state index contributed by atoms with van der Waals surface area (Å²) < 4.78 is 8.89. The summed E-state index contributed by atoms with van der Waals surface area (Å²) in [4.78, 5) is 5.22. The van der Waals surface area contributed by atoms with E-state index in [9.17, 15) is 0 Å². The molecule has 2 atom stereocenters. The first-order valence-electron chi connectivity index (χ1n) is 18.1. The number of hydrazine groups is 1. The third-order valence-corrected chi connectivity index (χ3v) is 10.3. The molecular weight excluding hydrogens is 637 g/mol. The standard InChI is InChI=1S/C47H40N4O/c1-32-12-10-15-35(28-32)36-16-11-17-37(29-36)47(50(2)49-31-33-13-4-3-5-14-33)48-30-34-22-24-38(25-23-34)51-43-20-8-6-18-39(43)41-26-27-42-40-19-7-9-21-44(40)52-46(42)45(41)51/h3-27,29-30,32,47,49H,28,31H2,1-2H3. The van der Waals surface area contributed by atoms with Gasteiger partial charge in [0.15, 0.2) is 5.58 Å². The Bertz CT molecular complexity index is 2640. The second-order valence-electron chi connectivity index (χ2n) is 13.8. The van der Waals surface area contributed by atoms with Gasteiger partial charge in [0.2, 0.25) is 0 Å². The Morgan fingerprint density at radius 1 is 0.808 bits per heavy atom. The summed E-state index contributed by atoms with van der Waals surface area (Å²) in [5.74, 6) is 0.530. The molecule has 0 radical (unpaired) electrons. The summed E-state index contributed by atoms with van der Waals surface area (Å²) in [6.45, 7) is 2.98. The second kappa shape index (κ2) is 13.6. The lowest BCUT2D eigenvalue weighted by molar-refractivity contribution is 0.166. The van der Waals surface area contributed by atoms with Crippen molar-refractivity contribution in [2.45, 2.75) is 26.1 Å². The van der Waals surface area contributed by atoms with Gasteiger partial charge >= 0.3 is 0 Å². The molecule has 0 saturated carbocycles. The third-order valence-electron chi connectivity index (χ3n) is 10.3. The maximum atomic E-state index is 6.55. The fourth-order valence-electron chi connectivity index (χ4n) is 7.63. The van der Waals surface area contributed by atoms with Crippen LogP contribution in [0.1, 0.15) is 41.8 Å². The molecule has 2 unspecified atom stereocenters. The van der Waals surface area contributed by atoms with Crippen LogP contribution in [-0.2, 0) is 6.54 Å². The molecule has 1 N–H and O–H groups in total. The van der Waals surface area contributed by atoms with E-state index >= 15 is 0 Å². The fraction of sp³-hybridized carbons (Fsp3) is 0.128. The lowest BCUT2D eigenvalue weighted by Crippen LogP contribution is -2.36. The zero-order valence-electron chi connectivity index (χ0n) is 29.4. The normalized spacial score (nSPS) is 15.4. The zero-order valence-corrected chi connectivity index (χ0v) is 29.4. The van der Waals surface area contributed by atoms with E-state index in [1.165, 1.54) is 27.5 Å². The van der Waals surface area contributed by atoms with Crippen molar-refractivity contribution in [2.24, 2.45) is 10.9 Å². The molecule has 1 aliphatic carbocycles. The van der Waals surface area contributed by atoms with Crippen molar-refractivity contribution in [3.05, 3.63) is 180 Å². The molecule has 0 saturated heterocycles. The van der Waals surface area contributed by atoms with Gasteiger partial charge in [0.25, 0.3) is 0 Å². The maximum absolute atomic E-state index is 6.55. The molecule has 5 nitrogen and oxygen atoms in total. The van der Waals surface area contributed by atoms with E-state index in [4.69, 9.17) is 9.41 Å². The number of furan rings is 1. The van der Waals surface area contributed by atoms with Gasteiger partial charge in [-0.05, 0) is 76.6 Å². The van der Waals surface area contributed by atoms with E-state index < -0.39 is 0 Å². The summed E-state index contributed by atoms with van der Waals surface area (Å²) in [5, 5.41) is 6.76. The molecule has 0 amide bonds. The number of rotatable bonds is 9. The molecule has 254 valence electrons. The average Bonchev–Trinajstić information content (AvgIpc) is 3.74. The van der Waals surface area contributed by atoms with Gasteiger partial charge in [-0.1, -0.05) is 128 Å². The smallest absolute Gasteiger partial charge is 0.160 e. The number of benzene rings is 6. The van der Waals surface area contributed by atoms with E-state index in [2.05, 4.69) is 169 Å². The summed E-state index contributed by atoms with van der Waals surface area (Å²) in [6.07, 6.45) is 9.49. The van der Waals surface area contributed by atoms with E-state index in [0.717, 1.165) is 56.2 Å². The van der Waals surface area contributed by atoms with Crippen molar-refractivity contribution in [2.75, 3.05) is 7.05 Å². The van der Waals surface area contributed by atoms with Gasteiger partial charge in [0.05, 0.1) is 11.0 Å². The SMILES string of the molecule is CC1C=CC=C(c2cccc(C(N=Cc3ccc(-n4c5ccccc5c5ccc6c7ccccc7oc6c54)cc3)N(C)NCc3ccccc3)c2)C1. The molecular formula is C47H40N4O. The number of fused-ring (bicyclic) bond motifs is 7. The van der Waals surface area contributed by atoms with Crippen LogP contribution in [0.15, 0.2) is 167 Å². The van der Waals surface area contributed by atoms with Crippen molar-refractivity contribution in [1.29, 1.82) is 0 Å². The van der Waals surface area contributed by atoms with Gasteiger partial charge in [-0.2, -0.15) is 0 Å². The van der Waals surface area contributed by atoms with Crippen LogP contribution in [0.5, 0.6) is 0 Å². The Morgan fingerprint density at radius 2 is 1.58 bits per heavy atom. The first kappa shape index (κ1) is 31.9. The van der Waals surface area contributed by atoms with Crippen molar-refractivity contribution < 1.29 is 4.42 Å². The van der Waals surface area contributed by atoms with Crippen molar-refractivity contribution in [3.63, 3.8) is 0 Å². The summed E-state index contributed by atoms with van der Waals surface area (Å²) in [6, 6.07) is 49.3. The molecule has 6 aromatic carbocycles. The van der Waals surface area contributed by atoms with E-state index in [-0.39, 0.29) is 6.17 Å². The predicted molar refractivity (Wildman–Crippen MR) is 217 cm³/mol. The van der Waals surface area contributed by atoms with Gasteiger partial charge in [-0.15, -0.1) is 0 Å². The summed E-state index contributed by atoms with van der Waals surface area (Å²) in [5.41, 5.74) is 14.7. The zero-order chi connectivity index (χ0) is 35.0. The average molecular weight is 677 g/mol. The van der Waals surface area contributed by atoms with Crippen LogP contribution in [-0.4, -0.2) is 22.8 Å². The highest BCUT2D eigenvalue weighted by molar-refractivity contribution is 6.21. The molecule has 1 aliphatic rings. The Balaban J connectivity index is 1.08. The number of aromatic nitrogens is 1. The first-order valence-corrected chi connectivity index (χ1v) is 18.1. The lowest BCUT2D eigenvalue weighted by Gasteiger charge is -2.27. The van der Waals surface area contributed by atoms with Gasteiger partial charge in [0, 0.05) is 47.0 Å². The Morgan fingerprint density at radius 3 is 2.42 bits per heavy atom. The fourth-order valence-corrected chi connectivity index (χ4v) is 7.63. The predicted octanol–water partition coefficient (Wildman–Crippen LogP) is 11.4. The molecule has 0 aliphatic heterocycles. The van der Waals surface area contributed by atoms with Gasteiger partial charge in [-0.25, -0.2) is 10.4 Å². The molecule has 2 aromatic heterocycles. The number of aliphatic imine (C=N–C) groups is 1. The van der Waals surface area contributed by atoms with Crippen LogP contribution < -0.4 is 5.43 Å². The third kappa shape index (κ3) is 5.94. The van der Waals surface area contributed by atoms with Crippen molar-refractivity contribution in [3.8, 4) is 5.69 Å². The number of para-hydroxylation sites is 2.